The van der Waals surface area contributed by atoms with Crippen molar-refractivity contribution in [3.8, 4) is 0 Å². The van der Waals surface area contributed by atoms with Crippen LogP contribution in [0.3, 0.4) is 0 Å². The second kappa shape index (κ2) is 4.17. The first-order valence-corrected chi connectivity index (χ1v) is 7.25. The van der Waals surface area contributed by atoms with Crippen molar-refractivity contribution < 1.29 is 39.0 Å². The molecule has 0 saturated carbocycles. The van der Waals surface area contributed by atoms with Crippen molar-refractivity contribution in [2.45, 2.75) is 9.79 Å². The first kappa shape index (κ1) is 14.9. The van der Waals surface area contributed by atoms with Gasteiger partial charge in [-0.3, -0.25) is 4.55 Å². The fourth-order valence-electron chi connectivity index (χ4n) is 1.14. The lowest BCUT2D eigenvalue weighted by atomic mass is 10.3. The van der Waals surface area contributed by atoms with E-state index in [0.29, 0.717) is 0 Å². The molecule has 0 aliphatic heterocycles. The number of halogens is 4. The van der Waals surface area contributed by atoms with Crippen LogP contribution in [0.4, 0.5) is 17.6 Å². The van der Waals surface area contributed by atoms with Gasteiger partial charge in [0.05, 0.1) is 0 Å². The molecule has 0 aliphatic rings. The molecule has 0 saturated heterocycles. The van der Waals surface area contributed by atoms with E-state index in [1.165, 1.54) is 0 Å². The molecular weight excluding hydrogens is 304 g/mol. The fourth-order valence-corrected chi connectivity index (χ4v) is 2.61. The lowest BCUT2D eigenvalue weighted by Gasteiger charge is -2.08. The van der Waals surface area contributed by atoms with Gasteiger partial charge in [0, 0.05) is 6.26 Å². The highest BCUT2D eigenvalue weighted by molar-refractivity contribution is 7.90. The van der Waals surface area contributed by atoms with E-state index in [-0.39, 0.29) is 6.26 Å². The Labute approximate surface area is 98.7 Å². The summed E-state index contributed by atoms with van der Waals surface area (Å²) in [7, 11) is -10.3. The van der Waals surface area contributed by atoms with Crippen molar-refractivity contribution in [3.05, 3.63) is 23.3 Å². The summed E-state index contributed by atoms with van der Waals surface area (Å²) in [6.07, 6.45) is 0.264. The second-order valence-corrected chi connectivity index (χ2v) is 6.47. The quantitative estimate of drug-likeness (QED) is 0.498. The van der Waals surface area contributed by atoms with E-state index in [2.05, 4.69) is 0 Å². The highest BCUT2D eigenvalue weighted by Gasteiger charge is 2.35. The summed E-state index contributed by atoms with van der Waals surface area (Å²) in [6.45, 7) is 0. The maximum Gasteiger partial charge on any atom is 0.300 e. The molecule has 18 heavy (non-hydrogen) atoms. The Hall–Kier alpha value is -1.20. The third-order valence-corrected chi connectivity index (χ3v) is 3.79. The fraction of sp³-hybridized carbons (Fsp3) is 0.143. The summed E-state index contributed by atoms with van der Waals surface area (Å²) < 4.78 is 104. The summed E-state index contributed by atoms with van der Waals surface area (Å²) in [4.78, 5) is -4.24. The normalized spacial score (nSPS) is 12.8. The molecule has 0 bridgehead atoms. The molecule has 1 aromatic carbocycles. The van der Waals surface area contributed by atoms with Gasteiger partial charge in [-0.15, -0.1) is 0 Å². The molecule has 0 fully saturated rings. The zero-order valence-electron chi connectivity index (χ0n) is 8.41. The van der Waals surface area contributed by atoms with Crippen LogP contribution in [0.2, 0.25) is 0 Å². The lowest BCUT2D eigenvalue weighted by Crippen LogP contribution is -2.15. The van der Waals surface area contributed by atoms with Crippen LogP contribution in [0.25, 0.3) is 0 Å². The van der Waals surface area contributed by atoms with Crippen molar-refractivity contribution in [2.24, 2.45) is 0 Å². The Morgan fingerprint density at radius 1 is 0.778 bits per heavy atom. The molecule has 1 N–H and O–H groups in total. The van der Waals surface area contributed by atoms with Gasteiger partial charge in [-0.05, 0) is 0 Å². The van der Waals surface area contributed by atoms with E-state index in [1.54, 1.807) is 0 Å². The summed E-state index contributed by atoms with van der Waals surface area (Å²) in [5.74, 6) is -9.89. The molecule has 0 aromatic heterocycles. The average molecular weight is 308 g/mol. The van der Waals surface area contributed by atoms with Gasteiger partial charge in [-0.25, -0.2) is 26.0 Å². The number of rotatable bonds is 2. The molecule has 0 amide bonds. The van der Waals surface area contributed by atoms with Crippen LogP contribution >= 0.6 is 0 Å². The topological polar surface area (TPSA) is 88.5 Å². The standard InChI is InChI=1S/C7H4F4O5S2/c1-17(12,13)6-2(8)4(10)7(18(14,15)16)5(11)3(6)9/h1H3,(H,14,15,16). The smallest absolute Gasteiger partial charge is 0.282 e. The van der Waals surface area contributed by atoms with E-state index in [4.69, 9.17) is 4.55 Å². The molecular formula is C7H4F4O5S2. The zero-order valence-corrected chi connectivity index (χ0v) is 10.0. The van der Waals surface area contributed by atoms with Gasteiger partial charge in [0.2, 0.25) is 0 Å². The van der Waals surface area contributed by atoms with Gasteiger partial charge >= 0.3 is 10.1 Å². The SMILES string of the molecule is CS(=O)(=O)c1c(F)c(F)c(S(=O)(=O)O)c(F)c1F. The molecule has 0 aliphatic carbocycles. The average Bonchev–Trinajstić information content (AvgIpc) is 2.10. The lowest BCUT2D eigenvalue weighted by molar-refractivity contribution is 0.380. The van der Waals surface area contributed by atoms with Crippen LogP contribution in [0, 0.1) is 23.3 Å². The Bertz CT molecular complexity index is 631. The molecule has 1 aromatic rings. The number of benzene rings is 1. The maximum atomic E-state index is 13.2. The van der Waals surface area contributed by atoms with E-state index < -0.39 is 53.0 Å². The minimum atomic E-state index is -5.60. The molecule has 0 unspecified atom stereocenters. The van der Waals surface area contributed by atoms with Gasteiger partial charge in [-0.2, -0.15) is 8.42 Å². The van der Waals surface area contributed by atoms with Crippen molar-refractivity contribution in [1.29, 1.82) is 0 Å². The molecule has 102 valence electrons. The van der Waals surface area contributed by atoms with E-state index in [9.17, 15) is 34.4 Å². The van der Waals surface area contributed by atoms with Gasteiger partial charge in [-0.1, -0.05) is 0 Å². The number of sulfone groups is 1. The molecule has 0 atom stereocenters. The third-order valence-electron chi connectivity index (χ3n) is 1.81. The van der Waals surface area contributed by atoms with Crippen LogP contribution in [0.15, 0.2) is 9.79 Å². The van der Waals surface area contributed by atoms with Gasteiger partial charge in [0.15, 0.2) is 38.0 Å². The van der Waals surface area contributed by atoms with E-state index in [0.717, 1.165) is 0 Å². The van der Waals surface area contributed by atoms with Gasteiger partial charge in [0.25, 0.3) is 0 Å². The Kier molecular flexibility index (Phi) is 3.44. The third kappa shape index (κ3) is 2.33. The van der Waals surface area contributed by atoms with Crippen molar-refractivity contribution in [3.63, 3.8) is 0 Å². The first-order chi connectivity index (χ1) is 7.89. The van der Waals surface area contributed by atoms with Crippen LogP contribution < -0.4 is 0 Å². The number of hydrogen-bond donors (Lipinski definition) is 1. The largest absolute Gasteiger partial charge is 0.300 e. The van der Waals surface area contributed by atoms with Crippen LogP contribution in [0.5, 0.6) is 0 Å². The summed E-state index contributed by atoms with van der Waals surface area (Å²) in [6, 6.07) is 0. The molecule has 11 heteroatoms. The van der Waals surface area contributed by atoms with Gasteiger partial charge < -0.3 is 0 Å². The van der Waals surface area contributed by atoms with Gasteiger partial charge in [0.1, 0.15) is 4.90 Å². The monoisotopic (exact) mass is 308 g/mol. The maximum absolute atomic E-state index is 13.2. The first-order valence-electron chi connectivity index (χ1n) is 3.92. The van der Waals surface area contributed by atoms with E-state index in [1.807, 2.05) is 0 Å². The molecule has 0 radical (unpaired) electrons. The van der Waals surface area contributed by atoms with Crippen LogP contribution in [0.1, 0.15) is 0 Å². The summed E-state index contributed by atoms with van der Waals surface area (Å²) in [5.41, 5.74) is 0. The van der Waals surface area contributed by atoms with Crippen LogP contribution in [-0.2, 0) is 20.0 Å². The predicted octanol–water partition coefficient (Wildman–Crippen LogP) is 0.893. The Balaban J connectivity index is 4.03. The van der Waals surface area contributed by atoms with Crippen molar-refractivity contribution in [2.75, 3.05) is 6.26 Å². The second-order valence-electron chi connectivity index (χ2n) is 3.16. The Morgan fingerprint density at radius 3 is 1.28 bits per heavy atom. The predicted molar refractivity (Wildman–Crippen MR) is 49.2 cm³/mol. The summed E-state index contributed by atoms with van der Waals surface area (Å²) in [5, 5.41) is 0. The zero-order chi connectivity index (χ0) is 14.5. The highest BCUT2D eigenvalue weighted by Crippen LogP contribution is 2.29. The molecule has 0 heterocycles. The molecule has 0 spiro atoms. The highest BCUT2D eigenvalue weighted by atomic mass is 32.2. The minimum absolute atomic E-state index is 0.264. The van der Waals surface area contributed by atoms with Crippen molar-refractivity contribution in [1.82, 2.24) is 0 Å². The minimum Gasteiger partial charge on any atom is -0.282 e. The van der Waals surface area contributed by atoms with Crippen LogP contribution in [-0.4, -0.2) is 27.6 Å². The molecule has 1 rings (SSSR count). The Morgan fingerprint density at radius 2 is 1.06 bits per heavy atom. The number of hydrogen-bond acceptors (Lipinski definition) is 4. The van der Waals surface area contributed by atoms with Crippen molar-refractivity contribution >= 4 is 20.0 Å². The summed E-state index contributed by atoms with van der Waals surface area (Å²) >= 11 is 0. The molecule has 5 nitrogen and oxygen atoms in total. The van der Waals surface area contributed by atoms with E-state index >= 15 is 0 Å².